The zero-order chi connectivity index (χ0) is 11.8. The molecule has 3 aliphatic rings. The molecule has 0 spiro atoms. The van der Waals surface area contributed by atoms with Crippen LogP contribution in [0.2, 0.25) is 0 Å². The third-order valence-corrected chi connectivity index (χ3v) is 6.38. The highest BCUT2D eigenvalue weighted by molar-refractivity contribution is 5.18. The van der Waals surface area contributed by atoms with Crippen molar-refractivity contribution >= 4 is 0 Å². The second-order valence-electron chi connectivity index (χ2n) is 7.83. The molecule has 1 nitrogen and oxygen atoms in total. The molecule has 3 aliphatic carbocycles. The van der Waals surface area contributed by atoms with Gasteiger partial charge in [0, 0.05) is 0 Å². The van der Waals surface area contributed by atoms with E-state index in [0.29, 0.717) is 16.7 Å². The summed E-state index contributed by atoms with van der Waals surface area (Å²) < 4.78 is 0. The number of hydrogen-bond donors (Lipinski definition) is 1. The Kier molecular flexibility index (Phi) is 1.98. The normalized spacial score (nSPS) is 58.7. The van der Waals surface area contributed by atoms with Gasteiger partial charge in [0.15, 0.2) is 0 Å². The first-order valence-corrected chi connectivity index (χ1v) is 7.01. The largest absolute Gasteiger partial charge is 0.390 e. The third-order valence-electron chi connectivity index (χ3n) is 6.38. The van der Waals surface area contributed by atoms with E-state index >= 15 is 0 Å². The Morgan fingerprint density at radius 1 is 1.00 bits per heavy atom. The van der Waals surface area contributed by atoms with Crippen molar-refractivity contribution < 1.29 is 5.11 Å². The lowest BCUT2D eigenvalue weighted by Crippen LogP contribution is -2.51. The second kappa shape index (κ2) is 2.85. The molecular weight excluding hydrogens is 196 g/mol. The standard InChI is InChI=1S/C15H26O/c1-13(2)10-6-9-14(3)7-5-8-15(4,16)12(14)11(10)13/h10-12,16H,5-9H2,1-4H3/t10-,11-,12+,14+,15-/m0/s1. The molecule has 0 amide bonds. The quantitative estimate of drug-likeness (QED) is 0.664. The summed E-state index contributed by atoms with van der Waals surface area (Å²) in [5.41, 5.74) is 0.532. The highest BCUT2D eigenvalue weighted by Gasteiger charge is 2.69. The van der Waals surface area contributed by atoms with Gasteiger partial charge in [-0.1, -0.05) is 27.2 Å². The Morgan fingerprint density at radius 2 is 1.69 bits per heavy atom. The molecule has 0 radical (unpaired) electrons. The predicted octanol–water partition coefficient (Wildman–Crippen LogP) is 3.61. The average Bonchev–Trinajstić information content (AvgIpc) is 2.66. The van der Waals surface area contributed by atoms with Gasteiger partial charge in [0.2, 0.25) is 0 Å². The van der Waals surface area contributed by atoms with E-state index in [4.69, 9.17) is 0 Å². The molecule has 3 saturated carbocycles. The number of rotatable bonds is 0. The van der Waals surface area contributed by atoms with E-state index in [0.717, 1.165) is 18.3 Å². The molecule has 1 heteroatoms. The van der Waals surface area contributed by atoms with Crippen LogP contribution >= 0.6 is 0 Å². The zero-order valence-corrected chi connectivity index (χ0v) is 11.2. The summed E-state index contributed by atoms with van der Waals surface area (Å²) in [4.78, 5) is 0. The molecule has 0 unspecified atom stereocenters. The molecule has 0 aromatic heterocycles. The molecule has 0 bridgehead atoms. The summed E-state index contributed by atoms with van der Waals surface area (Å²) in [5, 5.41) is 10.8. The molecule has 16 heavy (non-hydrogen) atoms. The number of aliphatic hydroxyl groups is 1. The van der Waals surface area contributed by atoms with E-state index in [-0.39, 0.29) is 0 Å². The lowest BCUT2D eigenvalue weighted by atomic mass is 9.55. The zero-order valence-electron chi connectivity index (χ0n) is 11.2. The van der Waals surface area contributed by atoms with Crippen LogP contribution in [0, 0.1) is 28.6 Å². The van der Waals surface area contributed by atoms with Gasteiger partial charge in [0.05, 0.1) is 5.60 Å². The predicted molar refractivity (Wildman–Crippen MR) is 66.1 cm³/mol. The van der Waals surface area contributed by atoms with Crippen molar-refractivity contribution in [3.63, 3.8) is 0 Å². The smallest absolute Gasteiger partial charge is 0.0656 e. The Balaban J connectivity index is 1.98. The summed E-state index contributed by atoms with van der Waals surface area (Å²) in [6.07, 6.45) is 6.33. The minimum absolute atomic E-state index is 0.399. The summed E-state index contributed by atoms with van der Waals surface area (Å²) in [5.74, 6) is 2.25. The minimum Gasteiger partial charge on any atom is -0.390 e. The maximum absolute atomic E-state index is 10.8. The van der Waals surface area contributed by atoms with Crippen LogP contribution in [-0.4, -0.2) is 10.7 Å². The van der Waals surface area contributed by atoms with Gasteiger partial charge in [-0.05, 0) is 61.2 Å². The van der Waals surface area contributed by atoms with Crippen LogP contribution in [0.3, 0.4) is 0 Å². The van der Waals surface area contributed by atoms with Crippen LogP contribution in [0.25, 0.3) is 0 Å². The van der Waals surface area contributed by atoms with Crippen molar-refractivity contribution in [2.24, 2.45) is 28.6 Å². The molecule has 92 valence electrons. The van der Waals surface area contributed by atoms with Gasteiger partial charge in [-0.3, -0.25) is 0 Å². The van der Waals surface area contributed by atoms with Crippen LogP contribution < -0.4 is 0 Å². The van der Waals surface area contributed by atoms with Crippen molar-refractivity contribution in [1.29, 1.82) is 0 Å². The molecule has 1 N–H and O–H groups in total. The summed E-state index contributed by atoms with van der Waals surface area (Å²) in [6.45, 7) is 9.37. The van der Waals surface area contributed by atoms with Gasteiger partial charge < -0.3 is 5.11 Å². The monoisotopic (exact) mass is 222 g/mol. The third kappa shape index (κ3) is 1.21. The molecule has 0 aromatic carbocycles. The van der Waals surface area contributed by atoms with Gasteiger partial charge >= 0.3 is 0 Å². The van der Waals surface area contributed by atoms with Crippen molar-refractivity contribution in [2.45, 2.75) is 65.4 Å². The molecule has 0 saturated heterocycles. The Hall–Kier alpha value is -0.0400. The van der Waals surface area contributed by atoms with E-state index in [9.17, 15) is 5.11 Å². The molecule has 0 aromatic rings. The molecule has 3 fully saturated rings. The van der Waals surface area contributed by atoms with Crippen molar-refractivity contribution in [3.05, 3.63) is 0 Å². The van der Waals surface area contributed by atoms with Crippen molar-refractivity contribution in [1.82, 2.24) is 0 Å². The van der Waals surface area contributed by atoms with Crippen LogP contribution in [0.4, 0.5) is 0 Å². The van der Waals surface area contributed by atoms with E-state index in [1.165, 1.54) is 25.7 Å². The van der Waals surface area contributed by atoms with Gasteiger partial charge in [-0.2, -0.15) is 0 Å². The molecule has 3 rings (SSSR count). The SMILES string of the molecule is CC1(C)[C@@H]2[C@@H]3[C@](C)(CCC[C@]3(C)O)CC[C@@H]21. The van der Waals surface area contributed by atoms with Crippen molar-refractivity contribution in [2.75, 3.05) is 0 Å². The molecule has 5 atom stereocenters. The molecular formula is C15H26O. The molecule has 0 heterocycles. The Morgan fingerprint density at radius 3 is 2.38 bits per heavy atom. The Labute approximate surface area is 99.6 Å². The fourth-order valence-corrected chi connectivity index (χ4v) is 5.50. The fourth-order valence-electron chi connectivity index (χ4n) is 5.50. The van der Waals surface area contributed by atoms with Crippen LogP contribution in [0.1, 0.15) is 59.8 Å². The fraction of sp³-hybridized carbons (Fsp3) is 1.00. The number of fused-ring (bicyclic) bond motifs is 3. The minimum atomic E-state index is -0.399. The topological polar surface area (TPSA) is 20.2 Å². The first kappa shape index (κ1) is 11.1. The summed E-state index contributed by atoms with van der Waals surface area (Å²) >= 11 is 0. The van der Waals surface area contributed by atoms with Gasteiger partial charge in [-0.15, -0.1) is 0 Å². The molecule has 0 aliphatic heterocycles. The maximum Gasteiger partial charge on any atom is 0.0656 e. The van der Waals surface area contributed by atoms with Gasteiger partial charge in [0.25, 0.3) is 0 Å². The first-order valence-electron chi connectivity index (χ1n) is 7.01. The van der Waals surface area contributed by atoms with Gasteiger partial charge in [0.1, 0.15) is 0 Å². The van der Waals surface area contributed by atoms with Crippen molar-refractivity contribution in [3.8, 4) is 0 Å². The summed E-state index contributed by atoms with van der Waals surface area (Å²) in [6, 6.07) is 0. The van der Waals surface area contributed by atoms with E-state index < -0.39 is 5.60 Å². The van der Waals surface area contributed by atoms with Gasteiger partial charge in [-0.25, -0.2) is 0 Å². The van der Waals surface area contributed by atoms with Crippen LogP contribution in [0.15, 0.2) is 0 Å². The first-order chi connectivity index (χ1) is 7.29. The highest BCUT2D eigenvalue weighted by Crippen LogP contribution is 2.74. The Bertz CT molecular complexity index is 317. The maximum atomic E-state index is 10.8. The van der Waals surface area contributed by atoms with Crippen LogP contribution in [0.5, 0.6) is 0 Å². The van der Waals surface area contributed by atoms with E-state index in [1.807, 2.05) is 0 Å². The van der Waals surface area contributed by atoms with Crippen LogP contribution in [-0.2, 0) is 0 Å². The lowest BCUT2D eigenvalue weighted by Gasteiger charge is -2.52. The highest BCUT2D eigenvalue weighted by atomic mass is 16.3. The lowest BCUT2D eigenvalue weighted by molar-refractivity contribution is -0.122. The number of hydrogen-bond acceptors (Lipinski definition) is 1. The van der Waals surface area contributed by atoms with E-state index in [1.54, 1.807) is 0 Å². The second-order valence-corrected chi connectivity index (χ2v) is 7.83. The summed E-state index contributed by atoms with van der Waals surface area (Å²) in [7, 11) is 0. The van der Waals surface area contributed by atoms with E-state index in [2.05, 4.69) is 27.7 Å². The average molecular weight is 222 g/mol.